The van der Waals surface area contributed by atoms with Crippen LogP contribution in [-0.4, -0.2) is 42.5 Å². The Morgan fingerprint density at radius 3 is 2.12 bits per heavy atom. The lowest BCUT2D eigenvalue weighted by atomic mass is 10.0. The molecule has 2 rings (SSSR count). The van der Waals surface area contributed by atoms with Crippen LogP contribution in [0.25, 0.3) is 0 Å². The van der Waals surface area contributed by atoms with Crippen molar-refractivity contribution in [3.63, 3.8) is 0 Å². The van der Waals surface area contributed by atoms with Crippen LogP contribution in [0.15, 0.2) is 30.3 Å². The first-order chi connectivity index (χ1) is 16.8. The van der Waals surface area contributed by atoms with Crippen LogP contribution in [0.5, 0.6) is 0 Å². The summed E-state index contributed by atoms with van der Waals surface area (Å²) in [5.74, 6) is 3.42. The lowest BCUT2D eigenvalue weighted by Gasteiger charge is -2.22. The van der Waals surface area contributed by atoms with Crippen molar-refractivity contribution in [3.05, 3.63) is 35.9 Å². The second kappa shape index (κ2) is 20.2. The minimum absolute atomic E-state index is 0.185. The van der Waals surface area contributed by atoms with Crippen LogP contribution in [0.3, 0.4) is 0 Å². The highest BCUT2D eigenvalue weighted by molar-refractivity contribution is 7.96. The molecule has 0 amide bonds. The minimum Gasteiger partial charge on any atom is -0.457 e. The molecule has 2 unspecified atom stereocenters. The number of ether oxygens (including phenoxy) is 2. The summed E-state index contributed by atoms with van der Waals surface area (Å²) in [6.07, 6.45) is 22.3. The van der Waals surface area contributed by atoms with Crippen molar-refractivity contribution in [2.24, 2.45) is 0 Å². The minimum atomic E-state index is -0.185. The van der Waals surface area contributed by atoms with Gasteiger partial charge in [-0.1, -0.05) is 82.9 Å². The van der Waals surface area contributed by atoms with Crippen LogP contribution >= 0.6 is 0 Å². The Morgan fingerprint density at radius 1 is 0.853 bits per heavy atom. The van der Waals surface area contributed by atoms with E-state index in [1.807, 2.05) is 30.3 Å². The van der Waals surface area contributed by atoms with Crippen LogP contribution < -0.4 is 0 Å². The molecule has 4 heteroatoms. The van der Waals surface area contributed by atoms with Gasteiger partial charge in [-0.15, -0.1) is 0 Å². The van der Waals surface area contributed by atoms with Gasteiger partial charge in [0.2, 0.25) is 0 Å². The summed E-state index contributed by atoms with van der Waals surface area (Å²) >= 11 is 0. The third-order valence-electron chi connectivity index (χ3n) is 6.84. The smallest absolute Gasteiger partial charge is 0.338 e. The molecule has 0 radical (unpaired) electrons. The third kappa shape index (κ3) is 14.4. The fraction of sp³-hybridized carbons (Fsp3) is 0.767. The number of esters is 1. The van der Waals surface area contributed by atoms with Crippen LogP contribution in [0, 0.1) is 0 Å². The van der Waals surface area contributed by atoms with Crippen LogP contribution in [0.2, 0.25) is 0 Å². The van der Waals surface area contributed by atoms with Crippen molar-refractivity contribution in [2.45, 2.75) is 116 Å². The monoisotopic (exact) mass is 491 g/mol. The highest BCUT2D eigenvalue weighted by Crippen LogP contribution is 2.19. The van der Waals surface area contributed by atoms with E-state index in [1.54, 1.807) is 0 Å². The fourth-order valence-electron chi connectivity index (χ4n) is 4.81. The Labute approximate surface area is 213 Å². The molecule has 0 aromatic heterocycles. The number of hydrogen-bond donors (Lipinski definition) is 0. The van der Waals surface area contributed by atoms with Gasteiger partial charge in [0.15, 0.2) is 0 Å². The Balaban J connectivity index is 1.36. The van der Waals surface area contributed by atoms with Crippen molar-refractivity contribution in [2.75, 3.05) is 30.5 Å². The van der Waals surface area contributed by atoms with Gasteiger partial charge >= 0.3 is 5.97 Å². The highest BCUT2D eigenvalue weighted by Gasteiger charge is 2.18. The summed E-state index contributed by atoms with van der Waals surface area (Å²) in [6.45, 7) is 3.82. The van der Waals surface area contributed by atoms with Crippen molar-refractivity contribution >= 4 is 16.9 Å². The van der Waals surface area contributed by atoms with Crippen molar-refractivity contribution in [3.8, 4) is 0 Å². The van der Waals surface area contributed by atoms with Gasteiger partial charge in [0, 0.05) is 6.61 Å². The molecule has 194 valence electrons. The number of benzene rings is 1. The van der Waals surface area contributed by atoms with Gasteiger partial charge in [-0.2, -0.15) is 0 Å². The summed E-state index contributed by atoms with van der Waals surface area (Å²) in [7, 11) is 0.401. The van der Waals surface area contributed by atoms with E-state index in [9.17, 15) is 4.79 Å². The van der Waals surface area contributed by atoms with E-state index in [4.69, 9.17) is 9.47 Å². The van der Waals surface area contributed by atoms with Gasteiger partial charge < -0.3 is 9.47 Å². The van der Waals surface area contributed by atoms with Gasteiger partial charge in [0.25, 0.3) is 0 Å². The molecule has 34 heavy (non-hydrogen) atoms. The Kier molecular flexibility index (Phi) is 17.4. The van der Waals surface area contributed by atoms with Crippen LogP contribution in [0.1, 0.15) is 120 Å². The molecule has 1 heterocycles. The zero-order valence-corrected chi connectivity index (χ0v) is 22.8. The summed E-state index contributed by atoms with van der Waals surface area (Å²) in [6, 6.07) is 9.33. The molecule has 0 aliphatic carbocycles. The predicted molar refractivity (Wildman–Crippen MR) is 148 cm³/mol. The van der Waals surface area contributed by atoms with Gasteiger partial charge in [0.1, 0.15) is 23.9 Å². The molecule has 3 nitrogen and oxygen atoms in total. The van der Waals surface area contributed by atoms with E-state index < -0.39 is 0 Å². The first-order valence-electron chi connectivity index (χ1n) is 14.3. The SMILES string of the molecule is CCC[S+](CCCCCCCCCCCCCC1CCCCO1)CCOC(=O)c1ccccc1. The van der Waals surface area contributed by atoms with Gasteiger partial charge in [-0.3, -0.25) is 0 Å². The number of rotatable bonds is 20. The van der Waals surface area contributed by atoms with Gasteiger partial charge in [-0.05, 0) is 68.0 Å². The molecular formula is C30H51O3S+. The summed E-state index contributed by atoms with van der Waals surface area (Å²) in [5, 5.41) is 0. The normalized spacial score (nSPS) is 16.9. The first-order valence-corrected chi connectivity index (χ1v) is 16.0. The Morgan fingerprint density at radius 2 is 1.50 bits per heavy atom. The van der Waals surface area contributed by atoms with E-state index in [-0.39, 0.29) is 5.97 Å². The number of hydrogen-bond acceptors (Lipinski definition) is 3. The number of carbonyl (C=O) groups excluding carboxylic acids is 1. The second-order valence-corrected chi connectivity index (χ2v) is 12.3. The molecule has 1 aliphatic heterocycles. The predicted octanol–water partition coefficient (Wildman–Crippen LogP) is 8.12. The van der Waals surface area contributed by atoms with Crippen molar-refractivity contribution in [1.29, 1.82) is 0 Å². The second-order valence-electron chi connectivity index (χ2n) is 9.89. The van der Waals surface area contributed by atoms with Crippen molar-refractivity contribution in [1.82, 2.24) is 0 Å². The Bertz CT molecular complexity index is 600. The third-order valence-corrected chi connectivity index (χ3v) is 9.44. The van der Waals surface area contributed by atoms with E-state index in [0.717, 1.165) is 12.4 Å². The molecule has 1 saturated heterocycles. The molecule has 1 aromatic rings. The topological polar surface area (TPSA) is 35.5 Å². The van der Waals surface area contributed by atoms with Crippen LogP contribution in [-0.2, 0) is 20.4 Å². The number of unbranched alkanes of at least 4 members (excludes halogenated alkanes) is 10. The fourth-order valence-corrected chi connectivity index (χ4v) is 6.93. The summed E-state index contributed by atoms with van der Waals surface area (Å²) in [4.78, 5) is 12.1. The zero-order valence-electron chi connectivity index (χ0n) is 21.9. The van der Waals surface area contributed by atoms with E-state index >= 15 is 0 Å². The standard InChI is InChI=1S/C30H51O3S/c1-2-25-34(27-24-33-30(31)28-19-13-12-14-20-28)26-18-11-9-7-5-3-4-6-8-10-15-21-29-22-16-17-23-32-29/h12-14,19-20,29H,2-11,15-18,21-27H2,1H3/q+1. The first kappa shape index (κ1) is 29.2. The molecule has 1 aliphatic rings. The number of carbonyl (C=O) groups is 1. The van der Waals surface area contributed by atoms with E-state index in [2.05, 4.69) is 6.92 Å². The molecule has 1 fully saturated rings. The van der Waals surface area contributed by atoms with Crippen molar-refractivity contribution < 1.29 is 14.3 Å². The maximum Gasteiger partial charge on any atom is 0.338 e. The average Bonchev–Trinajstić information content (AvgIpc) is 2.87. The molecule has 1 aromatic carbocycles. The van der Waals surface area contributed by atoms with Gasteiger partial charge in [-0.25, -0.2) is 4.79 Å². The average molecular weight is 492 g/mol. The Hall–Kier alpha value is -1.00. The largest absolute Gasteiger partial charge is 0.457 e. The lowest BCUT2D eigenvalue weighted by Crippen LogP contribution is -2.21. The lowest BCUT2D eigenvalue weighted by molar-refractivity contribution is 0.00976. The molecule has 0 spiro atoms. The maximum absolute atomic E-state index is 12.1. The molecule has 0 saturated carbocycles. The summed E-state index contributed by atoms with van der Waals surface area (Å²) in [5.41, 5.74) is 0.655. The molecule has 0 N–H and O–H groups in total. The molecule has 2 atom stereocenters. The van der Waals surface area contributed by atoms with E-state index in [1.165, 1.54) is 114 Å². The quantitative estimate of drug-likeness (QED) is 0.105. The zero-order chi connectivity index (χ0) is 24.1. The van der Waals surface area contributed by atoms with Crippen LogP contribution in [0.4, 0.5) is 0 Å². The summed E-state index contributed by atoms with van der Waals surface area (Å²) < 4.78 is 11.3. The maximum atomic E-state index is 12.1. The van der Waals surface area contributed by atoms with E-state index in [0.29, 0.717) is 29.2 Å². The molecule has 0 bridgehead atoms. The molecular weight excluding hydrogens is 440 g/mol. The van der Waals surface area contributed by atoms with Gasteiger partial charge in [0.05, 0.1) is 11.7 Å². The highest BCUT2D eigenvalue weighted by atomic mass is 32.2.